The van der Waals surface area contributed by atoms with Crippen LogP contribution in [0.3, 0.4) is 0 Å². The van der Waals surface area contributed by atoms with Gasteiger partial charge in [0.25, 0.3) is 5.88 Å². The Bertz CT molecular complexity index is 283. The van der Waals surface area contributed by atoms with E-state index in [4.69, 9.17) is 5.11 Å². The normalized spacial score (nSPS) is 8.42. The van der Waals surface area contributed by atoms with Crippen LogP contribution in [0.25, 0.3) is 0 Å². The first kappa shape index (κ1) is 11.3. The number of anilines is 1. The maximum absolute atomic E-state index is 12.2. The van der Waals surface area contributed by atoms with Gasteiger partial charge in [-0.25, -0.2) is 4.98 Å². The van der Waals surface area contributed by atoms with Gasteiger partial charge in [0.1, 0.15) is 0 Å². The van der Waals surface area contributed by atoms with Crippen molar-refractivity contribution in [3.05, 3.63) is 12.1 Å². The van der Waals surface area contributed by atoms with E-state index in [-0.39, 0.29) is 41.8 Å². The third-order valence-electron chi connectivity index (χ3n) is 0.919. The minimum absolute atomic E-state index is 0. The van der Waals surface area contributed by atoms with E-state index in [1.54, 1.807) is 0 Å². The molecule has 0 fully saturated rings. The van der Waals surface area contributed by atoms with Crippen LogP contribution in [0.4, 0.5) is 10.2 Å². The molecule has 5 nitrogen and oxygen atoms in total. The molecule has 1 rings (SSSR count). The fourth-order valence-corrected chi connectivity index (χ4v) is 0.514. The number of rotatable bonds is 2. The number of hydrogen-bond donors (Lipinski definition) is 2. The number of aromatic nitrogens is 2. The second-order valence-electron chi connectivity index (χ2n) is 1.63. The van der Waals surface area contributed by atoms with Gasteiger partial charge in [-0.15, -0.1) is 0 Å². The number of aromatic hydroxyl groups is 1. The molecule has 0 radical (unpaired) electrons. The zero-order valence-electron chi connectivity index (χ0n) is 5.28. The summed E-state index contributed by atoms with van der Waals surface area (Å²) in [6.07, 6.45) is 1.01. The molecule has 0 unspecified atom stereocenters. The summed E-state index contributed by atoms with van der Waals surface area (Å²) in [4.78, 5) is 16.2. The van der Waals surface area contributed by atoms with Crippen molar-refractivity contribution in [3.63, 3.8) is 0 Å². The Labute approximate surface area is 89.3 Å². The third kappa shape index (κ3) is 2.72. The molecule has 0 atom stereocenters. The molecule has 12 heavy (non-hydrogen) atoms. The van der Waals surface area contributed by atoms with Crippen molar-refractivity contribution in [2.75, 3.05) is 5.32 Å². The maximum atomic E-state index is 12.2. The fourth-order valence-electron chi connectivity index (χ4n) is 0.514. The Hall–Kier alpha value is -0.720. The van der Waals surface area contributed by atoms with Crippen molar-refractivity contribution >= 4 is 41.8 Å². The van der Waals surface area contributed by atoms with Gasteiger partial charge < -0.3 is 10.4 Å². The van der Waals surface area contributed by atoms with Gasteiger partial charge in [-0.2, -0.15) is 9.37 Å². The molecule has 0 bridgehead atoms. The van der Waals surface area contributed by atoms with Gasteiger partial charge in [-0.1, -0.05) is 0 Å². The Morgan fingerprint density at radius 3 is 2.92 bits per heavy atom. The molecule has 1 aromatic heterocycles. The second-order valence-corrected chi connectivity index (χ2v) is 1.63. The monoisotopic (exact) mass is 181 g/mol. The van der Waals surface area contributed by atoms with Gasteiger partial charge in [-0.05, 0) is 0 Å². The number of carbonyl (C=O) groups is 1. The molecule has 0 spiro atoms. The van der Waals surface area contributed by atoms with E-state index in [2.05, 4.69) is 9.97 Å². The van der Waals surface area contributed by atoms with Crippen molar-refractivity contribution in [3.8, 4) is 5.88 Å². The van der Waals surface area contributed by atoms with Gasteiger partial charge in [0.2, 0.25) is 12.4 Å². The van der Waals surface area contributed by atoms with Crippen LogP contribution < -0.4 is 5.32 Å². The Kier molecular flexibility index (Phi) is 4.72. The van der Waals surface area contributed by atoms with E-state index >= 15 is 0 Å². The summed E-state index contributed by atoms with van der Waals surface area (Å²) in [5.41, 5.74) is 0. The van der Waals surface area contributed by atoms with Gasteiger partial charge in [0.15, 0.2) is 5.82 Å². The van der Waals surface area contributed by atoms with Gasteiger partial charge in [0, 0.05) is 0 Å². The SMILES string of the molecule is O=CNc1nc(F)cnc1O.[NaH]. The molecule has 0 aliphatic rings. The molecule has 1 heterocycles. The molecule has 0 saturated heterocycles. The fraction of sp³-hybridized carbons (Fsp3) is 0. The van der Waals surface area contributed by atoms with Crippen molar-refractivity contribution < 1.29 is 14.3 Å². The van der Waals surface area contributed by atoms with E-state index in [0.29, 0.717) is 0 Å². The van der Waals surface area contributed by atoms with Crippen LogP contribution in [0.5, 0.6) is 5.88 Å². The number of hydrogen-bond acceptors (Lipinski definition) is 4. The molecular weight excluding hydrogens is 176 g/mol. The minimum atomic E-state index is -0.868. The van der Waals surface area contributed by atoms with E-state index in [1.807, 2.05) is 5.32 Å². The number of nitrogens with one attached hydrogen (secondary N) is 1. The third-order valence-corrected chi connectivity index (χ3v) is 0.919. The molecule has 0 aromatic carbocycles. The molecule has 0 aliphatic carbocycles. The average molecular weight is 181 g/mol. The van der Waals surface area contributed by atoms with E-state index in [1.165, 1.54) is 0 Å². The summed E-state index contributed by atoms with van der Waals surface area (Å²) in [5, 5.41) is 10.8. The van der Waals surface area contributed by atoms with Crippen molar-refractivity contribution in [2.45, 2.75) is 0 Å². The van der Waals surface area contributed by atoms with Crippen LogP contribution in [0.1, 0.15) is 0 Å². The Balaban J connectivity index is 0.00000121. The van der Waals surface area contributed by atoms with Crippen LogP contribution >= 0.6 is 0 Å². The quantitative estimate of drug-likeness (QED) is 0.464. The predicted octanol–water partition coefficient (Wildman–Crippen LogP) is -0.759. The second kappa shape index (κ2) is 5.02. The van der Waals surface area contributed by atoms with Crippen LogP contribution in [-0.2, 0) is 4.79 Å². The first-order valence-corrected chi connectivity index (χ1v) is 2.65. The number of nitrogens with zero attached hydrogens (tertiary/aromatic N) is 2. The summed E-state index contributed by atoms with van der Waals surface area (Å²) in [6, 6.07) is 0. The van der Waals surface area contributed by atoms with Crippen molar-refractivity contribution in [1.82, 2.24) is 9.97 Å². The molecule has 2 N–H and O–H groups in total. The standard InChI is InChI=1S/C5H4FN3O2.Na.H/c6-3-1-7-5(11)4(9-3)8-2-10;;/h1-2H,(H,7,11)(H,8,9,10);;. The Morgan fingerprint density at radius 2 is 2.33 bits per heavy atom. The van der Waals surface area contributed by atoms with Crippen LogP contribution in [0.2, 0.25) is 0 Å². The van der Waals surface area contributed by atoms with Gasteiger partial charge in [-0.3, -0.25) is 4.79 Å². The van der Waals surface area contributed by atoms with Gasteiger partial charge in [0.05, 0.1) is 6.20 Å². The summed E-state index contributed by atoms with van der Waals surface area (Å²) >= 11 is 0. The predicted molar refractivity (Wildman–Crippen MR) is 40.5 cm³/mol. The molecule has 60 valence electrons. The number of amides is 1. The van der Waals surface area contributed by atoms with Crippen LogP contribution in [0.15, 0.2) is 6.20 Å². The van der Waals surface area contributed by atoms with Crippen molar-refractivity contribution in [2.24, 2.45) is 0 Å². The number of carbonyl (C=O) groups excluding carboxylic acids is 1. The van der Waals surface area contributed by atoms with E-state index in [0.717, 1.165) is 6.20 Å². The zero-order chi connectivity index (χ0) is 8.27. The summed E-state index contributed by atoms with van der Waals surface area (Å²) in [5.74, 6) is -1.68. The number of halogens is 1. The van der Waals surface area contributed by atoms with E-state index < -0.39 is 11.8 Å². The summed E-state index contributed by atoms with van der Waals surface area (Å²) in [6.45, 7) is 0. The van der Waals surface area contributed by atoms with Crippen LogP contribution in [0, 0.1) is 5.95 Å². The first-order chi connectivity index (χ1) is 5.24. The summed E-state index contributed by atoms with van der Waals surface area (Å²) < 4.78 is 12.2. The molecular formula is C5H5FN3NaO2. The van der Waals surface area contributed by atoms with Crippen molar-refractivity contribution in [1.29, 1.82) is 0 Å². The Morgan fingerprint density at radius 1 is 1.67 bits per heavy atom. The average Bonchev–Trinajstić information content (AvgIpc) is 1.98. The summed E-state index contributed by atoms with van der Waals surface area (Å²) in [7, 11) is 0. The van der Waals surface area contributed by atoms with Gasteiger partial charge >= 0.3 is 29.6 Å². The topological polar surface area (TPSA) is 75.1 Å². The van der Waals surface area contributed by atoms with E-state index in [9.17, 15) is 9.18 Å². The zero-order valence-corrected chi connectivity index (χ0v) is 5.28. The molecule has 0 aliphatic heterocycles. The molecule has 1 aromatic rings. The molecule has 7 heteroatoms. The molecule has 1 amide bonds. The first-order valence-electron chi connectivity index (χ1n) is 2.65. The van der Waals surface area contributed by atoms with Crippen LogP contribution in [-0.4, -0.2) is 51.0 Å². The molecule has 0 saturated carbocycles.